The quantitative estimate of drug-likeness (QED) is 0.638. The third kappa shape index (κ3) is 1.68. The van der Waals surface area contributed by atoms with Gasteiger partial charge in [-0.1, -0.05) is 0 Å². The van der Waals surface area contributed by atoms with E-state index in [1.807, 2.05) is 13.0 Å². The molecule has 0 aliphatic rings. The molecule has 0 spiro atoms. The van der Waals surface area contributed by atoms with Crippen molar-refractivity contribution in [3.05, 3.63) is 33.7 Å². The molecule has 0 saturated heterocycles. The molecule has 1 aromatic heterocycles. The highest BCUT2D eigenvalue weighted by atomic mass is 16.1. The monoisotopic (exact) mass is 148 g/mol. The number of aromatic amines is 1. The lowest BCUT2D eigenvalue weighted by atomic mass is 10.2. The molecule has 0 saturated carbocycles. The molecule has 0 atom stereocenters. The molecule has 3 heteroatoms. The molecule has 0 aliphatic carbocycles. The molecule has 0 amide bonds. The Labute approximate surface area is 64.3 Å². The van der Waals surface area contributed by atoms with Gasteiger partial charge in [0.25, 0.3) is 5.56 Å². The summed E-state index contributed by atoms with van der Waals surface area (Å²) in [5.41, 5.74) is 1.33. The SMILES string of the molecule is Cc1c[nH]c(=O)c(CC#N)c1. The third-order valence-electron chi connectivity index (χ3n) is 1.39. The molecule has 0 aliphatic heterocycles. The van der Waals surface area contributed by atoms with Gasteiger partial charge in [-0.05, 0) is 18.6 Å². The fourth-order valence-corrected chi connectivity index (χ4v) is 0.871. The van der Waals surface area contributed by atoms with Crippen molar-refractivity contribution in [3.63, 3.8) is 0 Å². The average molecular weight is 148 g/mol. The number of aromatic nitrogens is 1. The van der Waals surface area contributed by atoms with Gasteiger partial charge in [0.15, 0.2) is 0 Å². The molecule has 0 radical (unpaired) electrons. The molecule has 1 aromatic rings. The average Bonchev–Trinajstić information content (AvgIpc) is 1.98. The van der Waals surface area contributed by atoms with Crippen molar-refractivity contribution in [3.8, 4) is 6.07 Å². The molecule has 56 valence electrons. The number of pyridine rings is 1. The van der Waals surface area contributed by atoms with Crippen LogP contribution >= 0.6 is 0 Å². The maximum Gasteiger partial charge on any atom is 0.252 e. The first-order valence-corrected chi connectivity index (χ1v) is 3.29. The highest BCUT2D eigenvalue weighted by molar-refractivity contribution is 5.19. The van der Waals surface area contributed by atoms with Crippen molar-refractivity contribution in [2.24, 2.45) is 0 Å². The van der Waals surface area contributed by atoms with E-state index in [4.69, 9.17) is 5.26 Å². The molecule has 0 unspecified atom stereocenters. The van der Waals surface area contributed by atoms with Gasteiger partial charge in [-0.15, -0.1) is 0 Å². The summed E-state index contributed by atoms with van der Waals surface area (Å²) < 4.78 is 0. The van der Waals surface area contributed by atoms with Gasteiger partial charge in [0.05, 0.1) is 12.5 Å². The van der Waals surface area contributed by atoms with Crippen molar-refractivity contribution in [2.45, 2.75) is 13.3 Å². The molecule has 0 bridgehead atoms. The Morgan fingerprint density at radius 3 is 3.09 bits per heavy atom. The van der Waals surface area contributed by atoms with Gasteiger partial charge >= 0.3 is 0 Å². The normalized spacial score (nSPS) is 9.09. The van der Waals surface area contributed by atoms with E-state index < -0.39 is 0 Å². The van der Waals surface area contributed by atoms with Crippen LogP contribution in [0.4, 0.5) is 0 Å². The van der Waals surface area contributed by atoms with Crippen molar-refractivity contribution >= 4 is 0 Å². The largest absolute Gasteiger partial charge is 0.329 e. The Balaban J connectivity index is 3.15. The van der Waals surface area contributed by atoms with Gasteiger partial charge in [0.1, 0.15) is 0 Å². The first kappa shape index (κ1) is 7.55. The van der Waals surface area contributed by atoms with Crippen molar-refractivity contribution in [2.75, 3.05) is 0 Å². The highest BCUT2D eigenvalue weighted by Crippen LogP contribution is 1.95. The summed E-state index contributed by atoms with van der Waals surface area (Å²) in [6.45, 7) is 1.87. The van der Waals surface area contributed by atoms with Crippen LogP contribution < -0.4 is 5.56 Å². The van der Waals surface area contributed by atoms with Crippen LogP contribution in [-0.2, 0) is 6.42 Å². The number of hydrogen-bond donors (Lipinski definition) is 1. The fourth-order valence-electron chi connectivity index (χ4n) is 0.871. The Hall–Kier alpha value is -1.56. The van der Waals surface area contributed by atoms with E-state index in [0.29, 0.717) is 5.56 Å². The maximum absolute atomic E-state index is 11.0. The topological polar surface area (TPSA) is 56.6 Å². The fraction of sp³-hybridized carbons (Fsp3) is 0.250. The third-order valence-corrected chi connectivity index (χ3v) is 1.39. The number of nitriles is 1. The standard InChI is InChI=1S/C8H8N2O/c1-6-4-7(2-3-9)8(11)10-5-6/h4-5H,2H2,1H3,(H,10,11). The highest BCUT2D eigenvalue weighted by Gasteiger charge is 1.97. The van der Waals surface area contributed by atoms with E-state index in [1.165, 1.54) is 0 Å². The molecule has 3 nitrogen and oxygen atoms in total. The number of H-pyrrole nitrogens is 1. The number of nitrogens with zero attached hydrogens (tertiary/aromatic N) is 1. The minimum atomic E-state index is -0.169. The first-order chi connectivity index (χ1) is 5.24. The summed E-state index contributed by atoms with van der Waals surface area (Å²) >= 11 is 0. The van der Waals surface area contributed by atoms with Crippen LogP contribution in [0.5, 0.6) is 0 Å². The maximum atomic E-state index is 11.0. The van der Waals surface area contributed by atoms with E-state index in [0.717, 1.165) is 5.56 Å². The van der Waals surface area contributed by atoms with E-state index in [9.17, 15) is 4.79 Å². The lowest BCUT2D eigenvalue weighted by molar-refractivity contribution is 1.10. The van der Waals surface area contributed by atoms with Gasteiger partial charge in [-0.2, -0.15) is 5.26 Å². The summed E-state index contributed by atoms with van der Waals surface area (Å²) in [7, 11) is 0. The van der Waals surface area contributed by atoms with Crippen LogP contribution in [0.15, 0.2) is 17.1 Å². The van der Waals surface area contributed by atoms with Gasteiger partial charge in [0, 0.05) is 11.8 Å². The molecule has 0 fully saturated rings. The van der Waals surface area contributed by atoms with E-state index in [-0.39, 0.29) is 12.0 Å². The first-order valence-electron chi connectivity index (χ1n) is 3.29. The van der Waals surface area contributed by atoms with Crippen molar-refractivity contribution in [1.29, 1.82) is 5.26 Å². The van der Waals surface area contributed by atoms with Gasteiger partial charge in [0.2, 0.25) is 0 Å². The van der Waals surface area contributed by atoms with Crippen LogP contribution in [0, 0.1) is 18.3 Å². The second-order valence-corrected chi connectivity index (χ2v) is 2.37. The van der Waals surface area contributed by atoms with Crippen LogP contribution in [0.3, 0.4) is 0 Å². The summed E-state index contributed by atoms with van der Waals surface area (Å²) in [4.78, 5) is 13.5. The smallest absolute Gasteiger partial charge is 0.252 e. The predicted octanol–water partition coefficient (Wildman–Crippen LogP) is 0.749. The van der Waals surface area contributed by atoms with Gasteiger partial charge in [-0.3, -0.25) is 4.79 Å². The lowest BCUT2D eigenvalue weighted by Gasteiger charge is -1.93. The zero-order chi connectivity index (χ0) is 8.27. The van der Waals surface area contributed by atoms with E-state index in [1.54, 1.807) is 12.3 Å². The van der Waals surface area contributed by atoms with Crippen molar-refractivity contribution < 1.29 is 0 Å². The zero-order valence-electron chi connectivity index (χ0n) is 6.22. The minimum absolute atomic E-state index is 0.169. The zero-order valence-corrected chi connectivity index (χ0v) is 6.22. The number of rotatable bonds is 1. The molecular formula is C8H8N2O. The summed E-state index contributed by atoms with van der Waals surface area (Å²) in [5, 5.41) is 8.33. The molecule has 0 aromatic carbocycles. The van der Waals surface area contributed by atoms with Gasteiger partial charge < -0.3 is 4.98 Å². The summed E-state index contributed by atoms with van der Waals surface area (Å²) in [6, 6.07) is 3.66. The number of hydrogen-bond acceptors (Lipinski definition) is 2. The van der Waals surface area contributed by atoms with E-state index >= 15 is 0 Å². The second-order valence-electron chi connectivity index (χ2n) is 2.37. The summed E-state index contributed by atoms with van der Waals surface area (Å²) in [6.07, 6.45) is 1.81. The molecule has 1 rings (SSSR count). The van der Waals surface area contributed by atoms with Crippen LogP contribution in [-0.4, -0.2) is 4.98 Å². The lowest BCUT2D eigenvalue weighted by Crippen LogP contribution is -2.11. The van der Waals surface area contributed by atoms with Crippen LogP contribution in [0.2, 0.25) is 0 Å². The van der Waals surface area contributed by atoms with E-state index in [2.05, 4.69) is 4.98 Å². The van der Waals surface area contributed by atoms with Crippen LogP contribution in [0.25, 0.3) is 0 Å². The molecular weight excluding hydrogens is 140 g/mol. The molecule has 1 heterocycles. The minimum Gasteiger partial charge on any atom is -0.329 e. The molecule has 1 N–H and O–H groups in total. The van der Waals surface area contributed by atoms with Crippen LogP contribution in [0.1, 0.15) is 11.1 Å². The number of nitrogens with one attached hydrogen (secondary N) is 1. The number of aryl methyl sites for hydroxylation is 1. The predicted molar refractivity (Wildman–Crippen MR) is 41.1 cm³/mol. The van der Waals surface area contributed by atoms with Crippen molar-refractivity contribution in [1.82, 2.24) is 4.98 Å². The second kappa shape index (κ2) is 3.02. The Bertz CT molecular complexity index is 346. The Kier molecular flexibility index (Phi) is 2.07. The van der Waals surface area contributed by atoms with Gasteiger partial charge in [-0.25, -0.2) is 0 Å². The Morgan fingerprint density at radius 1 is 1.73 bits per heavy atom. The summed E-state index contributed by atoms with van der Waals surface area (Å²) in [5.74, 6) is 0. The Morgan fingerprint density at radius 2 is 2.45 bits per heavy atom. The molecule has 11 heavy (non-hydrogen) atoms.